The molecule has 1 aliphatic heterocycles. The van der Waals surface area contributed by atoms with Gasteiger partial charge in [0.2, 0.25) is 5.89 Å². The van der Waals surface area contributed by atoms with Gasteiger partial charge in [0, 0.05) is 24.0 Å². The molecule has 1 saturated heterocycles. The van der Waals surface area contributed by atoms with E-state index in [0.717, 1.165) is 36.9 Å². The SMILES string of the molecule is CN=C(NCc1coc(-c2ccccc2)n1)NCC(c1cccs1)N1CCCC1.I. The van der Waals surface area contributed by atoms with Gasteiger partial charge in [-0.25, -0.2) is 4.98 Å². The molecule has 3 aromatic rings. The Morgan fingerprint density at radius 1 is 1.17 bits per heavy atom. The fourth-order valence-electron chi connectivity index (χ4n) is 3.63. The predicted molar refractivity (Wildman–Crippen MR) is 133 cm³/mol. The number of benzene rings is 1. The van der Waals surface area contributed by atoms with Gasteiger partial charge in [-0.2, -0.15) is 0 Å². The summed E-state index contributed by atoms with van der Waals surface area (Å²) in [6.45, 7) is 3.71. The maximum Gasteiger partial charge on any atom is 0.226 e. The molecule has 2 aromatic heterocycles. The summed E-state index contributed by atoms with van der Waals surface area (Å²) >= 11 is 1.82. The largest absolute Gasteiger partial charge is 0.444 e. The summed E-state index contributed by atoms with van der Waals surface area (Å²) in [5.74, 6) is 1.41. The number of halogens is 1. The van der Waals surface area contributed by atoms with Crippen molar-refractivity contribution in [2.45, 2.75) is 25.4 Å². The Labute approximate surface area is 198 Å². The molecule has 0 amide bonds. The van der Waals surface area contributed by atoms with E-state index in [1.54, 1.807) is 13.3 Å². The van der Waals surface area contributed by atoms with Gasteiger partial charge >= 0.3 is 0 Å². The van der Waals surface area contributed by atoms with Crippen molar-refractivity contribution in [1.29, 1.82) is 0 Å². The Hall–Kier alpha value is -1.91. The van der Waals surface area contributed by atoms with Crippen LogP contribution < -0.4 is 10.6 Å². The average Bonchev–Trinajstić information content (AvgIpc) is 3.54. The van der Waals surface area contributed by atoms with Crippen molar-refractivity contribution in [3.05, 3.63) is 64.7 Å². The topological polar surface area (TPSA) is 65.7 Å². The first-order valence-electron chi connectivity index (χ1n) is 10.1. The summed E-state index contributed by atoms with van der Waals surface area (Å²) in [4.78, 5) is 12.9. The molecule has 0 spiro atoms. The highest BCUT2D eigenvalue weighted by atomic mass is 127. The van der Waals surface area contributed by atoms with Crippen molar-refractivity contribution in [2.24, 2.45) is 4.99 Å². The molecule has 1 aliphatic rings. The molecule has 0 bridgehead atoms. The minimum absolute atomic E-state index is 0. The van der Waals surface area contributed by atoms with E-state index >= 15 is 0 Å². The highest BCUT2D eigenvalue weighted by molar-refractivity contribution is 14.0. The Morgan fingerprint density at radius 2 is 1.97 bits per heavy atom. The number of hydrogen-bond acceptors (Lipinski definition) is 5. The zero-order chi connectivity index (χ0) is 19.9. The van der Waals surface area contributed by atoms with Gasteiger partial charge in [0.1, 0.15) is 6.26 Å². The van der Waals surface area contributed by atoms with Crippen molar-refractivity contribution in [3.8, 4) is 11.5 Å². The molecule has 1 aromatic carbocycles. The lowest BCUT2D eigenvalue weighted by molar-refractivity contribution is 0.249. The summed E-state index contributed by atoms with van der Waals surface area (Å²) in [5, 5.41) is 8.99. The third-order valence-electron chi connectivity index (χ3n) is 5.15. The van der Waals surface area contributed by atoms with Gasteiger partial charge in [-0.3, -0.25) is 9.89 Å². The minimum Gasteiger partial charge on any atom is -0.444 e. The van der Waals surface area contributed by atoms with Crippen LogP contribution in [0.3, 0.4) is 0 Å². The van der Waals surface area contributed by atoms with Crippen LogP contribution in [-0.2, 0) is 6.54 Å². The maximum absolute atomic E-state index is 5.61. The molecule has 2 N–H and O–H groups in total. The lowest BCUT2D eigenvalue weighted by Crippen LogP contribution is -2.42. The van der Waals surface area contributed by atoms with Gasteiger partial charge in [-0.05, 0) is 49.5 Å². The van der Waals surface area contributed by atoms with Crippen molar-refractivity contribution < 1.29 is 4.42 Å². The number of thiophene rings is 1. The van der Waals surface area contributed by atoms with Gasteiger partial charge in [-0.15, -0.1) is 35.3 Å². The van der Waals surface area contributed by atoms with Crippen molar-refractivity contribution >= 4 is 41.3 Å². The summed E-state index contributed by atoms with van der Waals surface area (Å²) in [6, 6.07) is 14.7. The average molecular weight is 537 g/mol. The molecule has 0 radical (unpaired) electrons. The number of aliphatic imine (C=N–C) groups is 1. The fourth-order valence-corrected chi connectivity index (χ4v) is 4.49. The second-order valence-corrected chi connectivity index (χ2v) is 8.07. The van der Waals surface area contributed by atoms with Crippen LogP contribution in [0.25, 0.3) is 11.5 Å². The number of nitrogens with one attached hydrogen (secondary N) is 2. The van der Waals surface area contributed by atoms with Gasteiger partial charge < -0.3 is 15.1 Å². The number of aromatic nitrogens is 1. The molecule has 6 nitrogen and oxygen atoms in total. The smallest absolute Gasteiger partial charge is 0.226 e. The Balaban J connectivity index is 0.00000256. The van der Waals surface area contributed by atoms with Crippen molar-refractivity contribution in [3.63, 3.8) is 0 Å². The summed E-state index contributed by atoms with van der Waals surface area (Å²) in [6.07, 6.45) is 4.26. The summed E-state index contributed by atoms with van der Waals surface area (Å²) in [5.41, 5.74) is 1.83. The van der Waals surface area contributed by atoms with Gasteiger partial charge in [0.05, 0.1) is 18.3 Å². The molecule has 8 heteroatoms. The van der Waals surface area contributed by atoms with E-state index in [1.807, 2.05) is 41.7 Å². The standard InChI is InChI=1S/C22H27N5OS.HI/c1-23-22(24-14-18-16-28-21(26-18)17-8-3-2-4-9-17)25-15-19(20-10-7-13-29-20)27-11-5-6-12-27;/h2-4,7-10,13,16,19H,5-6,11-12,14-15H2,1H3,(H2,23,24,25);1H. The summed E-state index contributed by atoms with van der Waals surface area (Å²) < 4.78 is 5.61. The van der Waals surface area contributed by atoms with Crippen LogP contribution in [0.4, 0.5) is 0 Å². The Morgan fingerprint density at radius 3 is 2.67 bits per heavy atom. The molecule has 0 saturated carbocycles. The number of hydrogen-bond donors (Lipinski definition) is 2. The first-order valence-corrected chi connectivity index (χ1v) is 10.9. The van der Waals surface area contributed by atoms with Gasteiger partial charge in [0.25, 0.3) is 0 Å². The maximum atomic E-state index is 5.61. The molecule has 30 heavy (non-hydrogen) atoms. The molecule has 4 rings (SSSR count). The number of guanidine groups is 1. The van der Waals surface area contributed by atoms with Gasteiger partial charge in [0.15, 0.2) is 5.96 Å². The number of oxazole rings is 1. The predicted octanol–water partition coefficient (Wildman–Crippen LogP) is 4.52. The Kier molecular flexibility index (Phi) is 8.71. The third kappa shape index (κ3) is 5.83. The first kappa shape index (κ1) is 22.8. The molecule has 1 fully saturated rings. The van der Waals surface area contributed by atoms with Crippen LogP contribution >= 0.6 is 35.3 Å². The molecule has 3 heterocycles. The van der Waals surface area contributed by atoms with Crippen molar-refractivity contribution in [2.75, 3.05) is 26.7 Å². The second-order valence-electron chi connectivity index (χ2n) is 7.09. The lowest BCUT2D eigenvalue weighted by Gasteiger charge is -2.27. The molecule has 0 aliphatic carbocycles. The highest BCUT2D eigenvalue weighted by Gasteiger charge is 2.24. The molecule has 1 atom stereocenters. The zero-order valence-corrected chi connectivity index (χ0v) is 20.2. The Bertz CT molecular complexity index is 907. The van der Waals surface area contributed by atoms with Crippen LogP contribution in [0.2, 0.25) is 0 Å². The van der Waals surface area contributed by atoms with E-state index in [9.17, 15) is 0 Å². The van der Waals surface area contributed by atoms with Crippen LogP contribution in [0, 0.1) is 0 Å². The van der Waals surface area contributed by atoms with E-state index < -0.39 is 0 Å². The van der Waals surface area contributed by atoms with Crippen LogP contribution in [0.1, 0.15) is 29.5 Å². The fraction of sp³-hybridized carbons (Fsp3) is 0.364. The van der Waals surface area contributed by atoms with E-state index in [2.05, 4.69) is 43.0 Å². The first-order chi connectivity index (χ1) is 14.3. The lowest BCUT2D eigenvalue weighted by atomic mass is 10.2. The molecule has 160 valence electrons. The van der Waals surface area contributed by atoms with E-state index in [-0.39, 0.29) is 24.0 Å². The van der Waals surface area contributed by atoms with E-state index in [0.29, 0.717) is 18.5 Å². The van der Waals surface area contributed by atoms with E-state index in [4.69, 9.17) is 4.42 Å². The number of likely N-dealkylation sites (tertiary alicyclic amines) is 1. The van der Waals surface area contributed by atoms with E-state index in [1.165, 1.54) is 17.7 Å². The van der Waals surface area contributed by atoms with Crippen LogP contribution in [0.5, 0.6) is 0 Å². The minimum atomic E-state index is 0. The molecular weight excluding hydrogens is 509 g/mol. The zero-order valence-electron chi connectivity index (χ0n) is 17.1. The molecule has 1 unspecified atom stereocenters. The summed E-state index contributed by atoms with van der Waals surface area (Å²) in [7, 11) is 1.80. The van der Waals surface area contributed by atoms with Crippen LogP contribution in [0.15, 0.2) is 63.5 Å². The quantitative estimate of drug-likeness (QED) is 0.264. The van der Waals surface area contributed by atoms with Gasteiger partial charge in [-0.1, -0.05) is 24.3 Å². The highest BCUT2D eigenvalue weighted by Crippen LogP contribution is 2.27. The second kappa shape index (κ2) is 11.5. The van der Waals surface area contributed by atoms with Crippen LogP contribution in [-0.4, -0.2) is 42.5 Å². The monoisotopic (exact) mass is 537 g/mol. The third-order valence-corrected chi connectivity index (χ3v) is 6.12. The molecular formula is C22H28IN5OS. The normalized spacial score (nSPS) is 15.6. The van der Waals surface area contributed by atoms with Crippen molar-refractivity contribution in [1.82, 2.24) is 20.5 Å². The number of rotatable bonds is 7. The number of nitrogens with zero attached hydrogens (tertiary/aromatic N) is 3.